The quantitative estimate of drug-likeness (QED) is 0.424. The highest BCUT2D eigenvalue weighted by Crippen LogP contribution is 2.25. The van der Waals surface area contributed by atoms with Gasteiger partial charge in [-0.25, -0.2) is 4.79 Å². The summed E-state index contributed by atoms with van der Waals surface area (Å²) in [7, 11) is 1.73. The first-order valence-corrected chi connectivity index (χ1v) is 4.87. The van der Waals surface area contributed by atoms with E-state index in [4.69, 9.17) is 4.74 Å². The van der Waals surface area contributed by atoms with Gasteiger partial charge < -0.3 is 10.1 Å². The molecule has 0 radical (unpaired) electrons. The van der Waals surface area contributed by atoms with E-state index in [1.807, 2.05) is 18.2 Å². The number of hydrogen-bond acceptors (Lipinski definition) is 3. The second-order valence-electron chi connectivity index (χ2n) is 3.59. The molecule has 0 fully saturated rings. The molecule has 1 aromatic carbocycles. The van der Waals surface area contributed by atoms with E-state index in [0.29, 0.717) is 12.2 Å². The van der Waals surface area contributed by atoms with Crippen LogP contribution in [0.5, 0.6) is 5.75 Å². The molecule has 1 aliphatic heterocycles. The van der Waals surface area contributed by atoms with Crippen LogP contribution in [0.4, 0.5) is 0 Å². The van der Waals surface area contributed by atoms with E-state index >= 15 is 0 Å². The molecule has 1 unspecified atom stereocenters. The van der Waals surface area contributed by atoms with E-state index in [0.717, 1.165) is 11.1 Å². The Kier molecular flexibility index (Phi) is 2.56. The lowest BCUT2D eigenvalue weighted by Crippen LogP contribution is -2.37. The number of ether oxygens (including phenoxy) is 1. The SMILES string of the molecule is C=C1Cc2ccccc2OC(=O)C1NC. The zero-order valence-electron chi connectivity index (χ0n) is 8.62. The minimum Gasteiger partial charge on any atom is -0.425 e. The van der Waals surface area contributed by atoms with E-state index in [1.54, 1.807) is 13.1 Å². The monoisotopic (exact) mass is 203 g/mol. The van der Waals surface area contributed by atoms with Crippen LogP contribution >= 0.6 is 0 Å². The second kappa shape index (κ2) is 3.87. The van der Waals surface area contributed by atoms with E-state index in [-0.39, 0.29) is 5.97 Å². The minimum atomic E-state index is -0.405. The van der Waals surface area contributed by atoms with Gasteiger partial charge in [0.1, 0.15) is 11.8 Å². The molecule has 0 amide bonds. The fourth-order valence-corrected chi connectivity index (χ4v) is 1.75. The fraction of sp³-hybridized carbons (Fsp3) is 0.250. The molecule has 0 saturated heterocycles. The Bertz CT molecular complexity index is 375. The van der Waals surface area contributed by atoms with Crippen LogP contribution < -0.4 is 10.1 Å². The number of benzene rings is 1. The summed E-state index contributed by atoms with van der Waals surface area (Å²) in [5, 5.41) is 2.90. The molecule has 2 rings (SSSR count). The number of rotatable bonds is 1. The predicted molar refractivity (Wildman–Crippen MR) is 57.8 cm³/mol. The molecule has 15 heavy (non-hydrogen) atoms. The van der Waals surface area contributed by atoms with Gasteiger partial charge in [-0.15, -0.1) is 0 Å². The summed E-state index contributed by atoms with van der Waals surface area (Å²) < 4.78 is 5.27. The molecule has 78 valence electrons. The molecular weight excluding hydrogens is 190 g/mol. The van der Waals surface area contributed by atoms with Crippen molar-refractivity contribution in [1.82, 2.24) is 5.32 Å². The van der Waals surface area contributed by atoms with Gasteiger partial charge in [-0.3, -0.25) is 0 Å². The maximum absolute atomic E-state index is 11.7. The van der Waals surface area contributed by atoms with Crippen molar-refractivity contribution in [2.75, 3.05) is 7.05 Å². The van der Waals surface area contributed by atoms with E-state index < -0.39 is 6.04 Å². The van der Waals surface area contributed by atoms with Gasteiger partial charge in [0.25, 0.3) is 0 Å². The Morgan fingerprint density at radius 3 is 2.93 bits per heavy atom. The van der Waals surface area contributed by atoms with Gasteiger partial charge in [0.05, 0.1) is 0 Å². The number of carbonyl (C=O) groups excluding carboxylic acids is 1. The van der Waals surface area contributed by atoms with Gasteiger partial charge in [-0.05, 0) is 30.7 Å². The highest BCUT2D eigenvalue weighted by molar-refractivity contribution is 5.83. The van der Waals surface area contributed by atoms with Crippen molar-refractivity contribution < 1.29 is 9.53 Å². The van der Waals surface area contributed by atoms with Crippen LogP contribution in [0.1, 0.15) is 5.56 Å². The maximum Gasteiger partial charge on any atom is 0.332 e. The van der Waals surface area contributed by atoms with Gasteiger partial charge in [0.15, 0.2) is 0 Å². The van der Waals surface area contributed by atoms with Crippen molar-refractivity contribution in [1.29, 1.82) is 0 Å². The lowest BCUT2D eigenvalue weighted by atomic mass is 10.0. The third-order valence-electron chi connectivity index (χ3n) is 2.53. The number of hydrogen-bond donors (Lipinski definition) is 1. The normalized spacial score (nSPS) is 20.5. The topological polar surface area (TPSA) is 38.3 Å². The highest BCUT2D eigenvalue weighted by Gasteiger charge is 2.26. The second-order valence-corrected chi connectivity index (χ2v) is 3.59. The average molecular weight is 203 g/mol. The number of nitrogens with one attached hydrogen (secondary N) is 1. The van der Waals surface area contributed by atoms with Crippen LogP contribution in [0.25, 0.3) is 0 Å². The Morgan fingerprint density at radius 1 is 1.47 bits per heavy atom. The molecule has 1 aromatic rings. The van der Waals surface area contributed by atoms with Gasteiger partial charge in [-0.2, -0.15) is 0 Å². The minimum absolute atomic E-state index is 0.285. The first kappa shape index (κ1) is 9.93. The number of carbonyl (C=O) groups is 1. The van der Waals surface area contributed by atoms with Crippen LogP contribution in [0.2, 0.25) is 0 Å². The van der Waals surface area contributed by atoms with Gasteiger partial charge >= 0.3 is 5.97 Å². The molecule has 0 aromatic heterocycles. The Morgan fingerprint density at radius 2 is 2.20 bits per heavy atom. The molecule has 1 heterocycles. The zero-order chi connectivity index (χ0) is 10.8. The summed E-state index contributed by atoms with van der Waals surface area (Å²) in [6, 6.07) is 7.14. The molecule has 3 heteroatoms. The highest BCUT2D eigenvalue weighted by atomic mass is 16.5. The third kappa shape index (κ3) is 1.78. The van der Waals surface area contributed by atoms with Crippen LogP contribution in [-0.4, -0.2) is 19.1 Å². The lowest BCUT2D eigenvalue weighted by molar-refractivity contribution is -0.135. The van der Waals surface area contributed by atoms with Gasteiger partial charge in [-0.1, -0.05) is 24.8 Å². The molecule has 0 spiro atoms. The third-order valence-corrected chi connectivity index (χ3v) is 2.53. The zero-order valence-corrected chi connectivity index (χ0v) is 8.62. The summed E-state index contributed by atoms with van der Waals surface area (Å²) in [5.74, 6) is 0.355. The van der Waals surface area contributed by atoms with Crippen LogP contribution in [-0.2, 0) is 11.2 Å². The van der Waals surface area contributed by atoms with Crippen molar-refractivity contribution in [2.45, 2.75) is 12.5 Å². The first-order chi connectivity index (χ1) is 7.22. The van der Waals surface area contributed by atoms with E-state index in [9.17, 15) is 4.79 Å². The van der Waals surface area contributed by atoms with Crippen molar-refractivity contribution in [3.05, 3.63) is 42.0 Å². The van der Waals surface area contributed by atoms with Crippen molar-refractivity contribution in [3.63, 3.8) is 0 Å². The van der Waals surface area contributed by atoms with Gasteiger partial charge in [0.2, 0.25) is 0 Å². The number of esters is 1. The van der Waals surface area contributed by atoms with Crippen molar-refractivity contribution in [3.8, 4) is 5.75 Å². The molecule has 0 bridgehead atoms. The Hall–Kier alpha value is -1.61. The number of likely N-dealkylation sites (N-methyl/N-ethyl adjacent to an activating group) is 1. The molecule has 0 aliphatic carbocycles. The van der Waals surface area contributed by atoms with Crippen LogP contribution in [0.15, 0.2) is 36.4 Å². The Labute approximate surface area is 88.8 Å². The lowest BCUT2D eigenvalue weighted by Gasteiger charge is -2.12. The number of fused-ring (bicyclic) bond motifs is 1. The Balaban J connectivity index is 2.39. The standard InChI is InChI=1S/C12H13NO2/c1-8-7-9-5-3-4-6-10(9)15-12(14)11(8)13-2/h3-6,11,13H,1,7H2,2H3. The summed E-state index contributed by atoms with van der Waals surface area (Å²) in [5.41, 5.74) is 1.85. The average Bonchev–Trinajstić information content (AvgIpc) is 2.33. The predicted octanol–water partition coefficient (Wildman–Crippen LogP) is 1.29. The summed E-state index contributed by atoms with van der Waals surface area (Å²) in [6.45, 7) is 3.91. The van der Waals surface area contributed by atoms with E-state index in [2.05, 4.69) is 11.9 Å². The van der Waals surface area contributed by atoms with Crippen LogP contribution in [0, 0.1) is 0 Å². The fourth-order valence-electron chi connectivity index (χ4n) is 1.75. The summed E-state index contributed by atoms with van der Waals surface area (Å²) >= 11 is 0. The van der Waals surface area contributed by atoms with Crippen LogP contribution in [0.3, 0.4) is 0 Å². The smallest absolute Gasteiger partial charge is 0.332 e. The summed E-state index contributed by atoms with van der Waals surface area (Å²) in [4.78, 5) is 11.7. The van der Waals surface area contributed by atoms with Gasteiger partial charge in [0, 0.05) is 0 Å². The molecule has 3 nitrogen and oxygen atoms in total. The molecule has 1 aliphatic rings. The molecular formula is C12H13NO2. The largest absolute Gasteiger partial charge is 0.425 e. The maximum atomic E-state index is 11.7. The van der Waals surface area contributed by atoms with E-state index in [1.165, 1.54) is 0 Å². The molecule has 0 saturated carbocycles. The molecule has 1 atom stereocenters. The summed E-state index contributed by atoms with van der Waals surface area (Å²) in [6.07, 6.45) is 0.674. The first-order valence-electron chi connectivity index (χ1n) is 4.87. The van der Waals surface area contributed by atoms with Crippen molar-refractivity contribution in [2.24, 2.45) is 0 Å². The molecule has 1 N–H and O–H groups in total. The van der Waals surface area contributed by atoms with Crippen molar-refractivity contribution >= 4 is 5.97 Å². The number of para-hydroxylation sites is 1.